The van der Waals surface area contributed by atoms with Crippen LogP contribution >= 0.6 is 34.8 Å². The van der Waals surface area contributed by atoms with Crippen LogP contribution in [0.2, 0.25) is 15.1 Å². The Morgan fingerprint density at radius 1 is 1.14 bits per heavy atom. The molecule has 21 heavy (non-hydrogen) atoms. The van der Waals surface area contributed by atoms with E-state index in [9.17, 15) is 4.79 Å². The molecule has 3 N–H and O–H groups in total. The number of anilines is 1. The van der Waals surface area contributed by atoms with Gasteiger partial charge in [-0.3, -0.25) is 4.79 Å². The van der Waals surface area contributed by atoms with E-state index in [1.165, 1.54) is 12.1 Å². The Morgan fingerprint density at radius 3 is 2.67 bits per heavy atom. The van der Waals surface area contributed by atoms with Gasteiger partial charge in [-0.2, -0.15) is 0 Å². The van der Waals surface area contributed by atoms with Gasteiger partial charge in [-0.1, -0.05) is 34.8 Å². The number of aromatic amines is 1. The fraction of sp³-hybridized carbons (Fsp3) is 0. The number of nitrogen functional groups attached to an aromatic ring is 1. The van der Waals surface area contributed by atoms with Crippen molar-refractivity contribution in [2.75, 3.05) is 5.73 Å². The lowest BCUT2D eigenvalue weighted by Crippen LogP contribution is -2.03. The van der Waals surface area contributed by atoms with Gasteiger partial charge in [-0.25, -0.2) is 4.98 Å². The van der Waals surface area contributed by atoms with Gasteiger partial charge in [0.2, 0.25) is 0 Å². The minimum Gasteiger partial charge on any atom is -0.399 e. The summed E-state index contributed by atoms with van der Waals surface area (Å²) >= 11 is 18.2. The number of rotatable bonds is 2. The minimum atomic E-state index is -0.324. The first-order valence-corrected chi connectivity index (χ1v) is 7.03. The number of nitrogens with zero attached hydrogens (tertiary/aromatic N) is 1. The summed E-state index contributed by atoms with van der Waals surface area (Å²) in [6, 6.07) is 4.59. The molecule has 3 aromatic rings. The van der Waals surface area contributed by atoms with Crippen LogP contribution in [0.15, 0.2) is 30.6 Å². The smallest absolute Gasteiger partial charge is 0.196 e. The molecule has 106 valence electrons. The summed E-state index contributed by atoms with van der Waals surface area (Å²) in [4.78, 5) is 19.7. The third-order valence-corrected chi connectivity index (χ3v) is 4.18. The number of carbonyl (C=O) groups excluding carboxylic acids is 1. The molecule has 7 heteroatoms. The Hall–Kier alpha value is -1.75. The summed E-state index contributed by atoms with van der Waals surface area (Å²) in [6.45, 7) is 0. The molecule has 3 rings (SSSR count). The van der Waals surface area contributed by atoms with Crippen molar-refractivity contribution in [2.24, 2.45) is 0 Å². The maximum absolute atomic E-state index is 12.7. The predicted molar refractivity (Wildman–Crippen MR) is 85.4 cm³/mol. The molecule has 0 aliphatic rings. The zero-order valence-electron chi connectivity index (χ0n) is 10.5. The van der Waals surface area contributed by atoms with Crippen LogP contribution in [-0.4, -0.2) is 15.8 Å². The Bertz CT molecular complexity index is 873. The monoisotopic (exact) mass is 339 g/mol. The molecule has 0 aliphatic heterocycles. The predicted octanol–water partition coefficient (Wildman–Crippen LogP) is 4.34. The van der Waals surface area contributed by atoms with Crippen molar-refractivity contribution in [2.45, 2.75) is 0 Å². The number of nitrogens with two attached hydrogens (primary N) is 1. The molecular weight excluding hydrogens is 333 g/mol. The van der Waals surface area contributed by atoms with Crippen LogP contribution in [0.1, 0.15) is 15.9 Å². The van der Waals surface area contributed by atoms with Gasteiger partial charge in [-0.05, 0) is 18.2 Å². The molecule has 0 fully saturated rings. The number of aromatic nitrogens is 2. The lowest BCUT2D eigenvalue weighted by molar-refractivity contribution is 0.104. The van der Waals surface area contributed by atoms with E-state index in [0.717, 1.165) is 0 Å². The van der Waals surface area contributed by atoms with E-state index in [1.54, 1.807) is 18.5 Å². The molecule has 0 unspecified atom stereocenters. The number of halogens is 3. The molecule has 0 atom stereocenters. The molecule has 0 saturated carbocycles. The third-order valence-electron chi connectivity index (χ3n) is 3.06. The van der Waals surface area contributed by atoms with Gasteiger partial charge in [0.15, 0.2) is 5.78 Å². The molecule has 1 aromatic carbocycles. The van der Waals surface area contributed by atoms with Gasteiger partial charge in [0.25, 0.3) is 0 Å². The Balaban J connectivity index is 2.22. The van der Waals surface area contributed by atoms with Crippen molar-refractivity contribution < 1.29 is 4.79 Å². The fourth-order valence-electron chi connectivity index (χ4n) is 2.12. The topological polar surface area (TPSA) is 71.8 Å². The van der Waals surface area contributed by atoms with Crippen LogP contribution in [0, 0.1) is 0 Å². The van der Waals surface area contributed by atoms with E-state index in [-0.39, 0.29) is 21.4 Å². The van der Waals surface area contributed by atoms with E-state index in [1.807, 2.05) is 0 Å². The van der Waals surface area contributed by atoms with Crippen LogP contribution in [0.3, 0.4) is 0 Å². The highest BCUT2D eigenvalue weighted by molar-refractivity contribution is 6.45. The van der Waals surface area contributed by atoms with Crippen molar-refractivity contribution in [3.63, 3.8) is 0 Å². The highest BCUT2D eigenvalue weighted by atomic mass is 35.5. The SMILES string of the molecule is Nc1cc(Cl)c(Cl)c(C(=O)c2c[nH]c3nccc(Cl)c23)c1. The Morgan fingerprint density at radius 2 is 1.90 bits per heavy atom. The number of nitrogens with one attached hydrogen (secondary N) is 1. The molecule has 0 amide bonds. The minimum absolute atomic E-state index is 0.158. The van der Waals surface area contributed by atoms with E-state index in [0.29, 0.717) is 27.3 Å². The second-order valence-electron chi connectivity index (χ2n) is 4.41. The number of hydrogen-bond donors (Lipinski definition) is 2. The van der Waals surface area contributed by atoms with Gasteiger partial charge in [-0.15, -0.1) is 0 Å². The molecule has 0 bridgehead atoms. The van der Waals surface area contributed by atoms with Crippen molar-refractivity contribution in [1.82, 2.24) is 9.97 Å². The summed E-state index contributed by atoms with van der Waals surface area (Å²) in [5, 5.41) is 1.35. The fourth-order valence-corrected chi connectivity index (χ4v) is 2.79. The van der Waals surface area contributed by atoms with Crippen LogP contribution in [0.25, 0.3) is 11.0 Å². The molecule has 4 nitrogen and oxygen atoms in total. The largest absolute Gasteiger partial charge is 0.399 e. The summed E-state index contributed by atoms with van der Waals surface area (Å²) in [5.41, 5.74) is 7.20. The molecule has 2 aromatic heterocycles. The second-order valence-corrected chi connectivity index (χ2v) is 5.60. The van der Waals surface area contributed by atoms with Crippen molar-refractivity contribution in [1.29, 1.82) is 0 Å². The van der Waals surface area contributed by atoms with Crippen LogP contribution in [-0.2, 0) is 0 Å². The normalized spacial score (nSPS) is 11.0. The average Bonchev–Trinajstić information content (AvgIpc) is 2.87. The number of H-pyrrole nitrogens is 1. The van der Waals surface area contributed by atoms with Crippen molar-refractivity contribution in [3.8, 4) is 0 Å². The van der Waals surface area contributed by atoms with Gasteiger partial charge in [0, 0.05) is 29.0 Å². The number of benzene rings is 1. The lowest BCUT2D eigenvalue weighted by Gasteiger charge is -2.06. The summed E-state index contributed by atoms with van der Waals surface area (Å²) in [7, 11) is 0. The van der Waals surface area contributed by atoms with E-state index >= 15 is 0 Å². The van der Waals surface area contributed by atoms with E-state index < -0.39 is 0 Å². The Labute approximate surface area is 134 Å². The molecule has 2 heterocycles. The van der Waals surface area contributed by atoms with E-state index in [4.69, 9.17) is 40.5 Å². The first-order valence-electron chi connectivity index (χ1n) is 5.90. The molecule has 0 radical (unpaired) electrons. The number of hydrogen-bond acceptors (Lipinski definition) is 3. The number of carbonyl (C=O) groups is 1. The Kier molecular flexibility index (Phi) is 3.53. The third kappa shape index (κ3) is 2.35. The number of pyridine rings is 1. The quantitative estimate of drug-likeness (QED) is 0.538. The van der Waals surface area contributed by atoms with Gasteiger partial charge < -0.3 is 10.7 Å². The van der Waals surface area contributed by atoms with Crippen LogP contribution in [0.4, 0.5) is 5.69 Å². The van der Waals surface area contributed by atoms with Gasteiger partial charge in [0.05, 0.1) is 20.6 Å². The number of ketones is 1. The summed E-state index contributed by atoms with van der Waals surface area (Å²) < 4.78 is 0. The van der Waals surface area contributed by atoms with Crippen molar-refractivity contribution in [3.05, 3.63) is 56.8 Å². The highest BCUT2D eigenvalue weighted by Crippen LogP contribution is 2.33. The molecule has 0 saturated heterocycles. The summed E-state index contributed by atoms with van der Waals surface area (Å²) in [6.07, 6.45) is 3.10. The average molecular weight is 341 g/mol. The lowest BCUT2D eigenvalue weighted by atomic mass is 10.0. The zero-order chi connectivity index (χ0) is 15.1. The summed E-state index contributed by atoms with van der Waals surface area (Å²) in [5.74, 6) is -0.324. The number of fused-ring (bicyclic) bond motifs is 1. The van der Waals surface area contributed by atoms with Gasteiger partial charge >= 0.3 is 0 Å². The van der Waals surface area contributed by atoms with Crippen molar-refractivity contribution >= 4 is 57.3 Å². The molecule has 0 aliphatic carbocycles. The first kappa shape index (κ1) is 14.2. The molecule has 0 spiro atoms. The zero-order valence-corrected chi connectivity index (χ0v) is 12.7. The highest BCUT2D eigenvalue weighted by Gasteiger charge is 2.20. The maximum atomic E-state index is 12.7. The first-order chi connectivity index (χ1) is 9.99. The van der Waals surface area contributed by atoms with Crippen LogP contribution < -0.4 is 5.73 Å². The van der Waals surface area contributed by atoms with Crippen LogP contribution in [0.5, 0.6) is 0 Å². The molecular formula is C14H8Cl3N3O. The second kappa shape index (κ2) is 5.22. The van der Waals surface area contributed by atoms with E-state index in [2.05, 4.69) is 9.97 Å². The van der Waals surface area contributed by atoms with Gasteiger partial charge in [0.1, 0.15) is 5.65 Å². The maximum Gasteiger partial charge on any atom is 0.196 e. The standard InChI is InChI=1S/C14H8Cl3N3O/c15-9-1-2-19-14-11(9)8(5-20-14)13(21)7-3-6(18)4-10(16)12(7)17/h1-5H,18H2,(H,19,20).